The number of ether oxygens (including phenoxy) is 2. The molecule has 0 unspecified atom stereocenters. The predicted octanol–water partition coefficient (Wildman–Crippen LogP) is 4.42. The number of nitrogens with one attached hydrogen (secondary N) is 2. The third-order valence-electron chi connectivity index (χ3n) is 5.75. The van der Waals surface area contributed by atoms with Gasteiger partial charge in [0.25, 0.3) is 5.91 Å². The highest BCUT2D eigenvalue weighted by Crippen LogP contribution is 2.35. The van der Waals surface area contributed by atoms with Gasteiger partial charge in [-0.15, -0.1) is 0 Å². The van der Waals surface area contributed by atoms with Crippen molar-refractivity contribution < 1.29 is 33.8 Å². The number of amides is 4. The van der Waals surface area contributed by atoms with Crippen LogP contribution in [0.5, 0.6) is 11.5 Å². The van der Waals surface area contributed by atoms with Crippen molar-refractivity contribution in [1.82, 2.24) is 10.2 Å². The van der Waals surface area contributed by atoms with Crippen LogP contribution in [-0.4, -0.2) is 47.5 Å². The predicted molar refractivity (Wildman–Crippen MR) is 151 cm³/mol. The summed E-state index contributed by atoms with van der Waals surface area (Å²) in [5.41, 5.74) is 3.15. The summed E-state index contributed by atoms with van der Waals surface area (Å²) in [7, 11) is 1.48. The fourth-order valence-electron chi connectivity index (χ4n) is 3.73. The lowest BCUT2D eigenvalue weighted by Crippen LogP contribution is -2.38. The third kappa shape index (κ3) is 6.74. The fourth-order valence-corrected chi connectivity index (χ4v) is 4.51. The molecule has 4 amide bonds. The van der Waals surface area contributed by atoms with E-state index >= 15 is 0 Å². The van der Waals surface area contributed by atoms with E-state index in [0.29, 0.717) is 26.3 Å². The van der Waals surface area contributed by atoms with E-state index in [2.05, 4.69) is 33.2 Å². The van der Waals surface area contributed by atoms with Crippen LogP contribution in [0.4, 0.5) is 10.5 Å². The number of rotatable bonds is 9. The van der Waals surface area contributed by atoms with E-state index in [4.69, 9.17) is 14.6 Å². The van der Waals surface area contributed by atoms with Crippen molar-refractivity contribution in [3.05, 3.63) is 92.2 Å². The number of imide groups is 1. The number of aryl methyl sites for hydroxylation is 1. The Kier molecular flexibility index (Phi) is 8.49. The van der Waals surface area contributed by atoms with E-state index in [1.165, 1.54) is 25.3 Å². The molecule has 3 aromatic carbocycles. The van der Waals surface area contributed by atoms with Crippen LogP contribution in [0, 0.1) is 10.5 Å². The van der Waals surface area contributed by atoms with Gasteiger partial charge in [-0.3, -0.25) is 9.59 Å². The van der Waals surface area contributed by atoms with Gasteiger partial charge in [-0.1, -0.05) is 29.8 Å². The Morgan fingerprint density at radius 2 is 1.77 bits per heavy atom. The summed E-state index contributed by atoms with van der Waals surface area (Å²) in [6.45, 7) is 1.67. The molecule has 39 heavy (non-hydrogen) atoms. The van der Waals surface area contributed by atoms with Gasteiger partial charge >= 0.3 is 12.0 Å². The first-order valence-corrected chi connectivity index (χ1v) is 12.8. The largest absolute Gasteiger partial charge is 0.493 e. The zero-order valence-electron chi connectivity index (χ0n) is 21.0. The first-order chi connectivity index (χ1) is 18.6. The maximum atomic E-state index is 12.9. The van der Waals surface area contributed by atoms with Crippen LogP contribution in [0.25, 0.3) is 6.08 Å². The van der Waals surface area contributed by atoms with E-state index in [9.17, 15) is 19.2 Å². The van der Waals surface area contributed by atoms with Crippen LogP contribution < -0.4 is 20.1 Å². The first-order valence-electron chi connectivity index (χ1n) is 11.7. The molecule has 1 heterocycles. The number of urea groups is 1. The Hall–Kier alpha value is -4.39. The molecule has 1 fully saturated rings. The number of carbonyl (C=O) groups is 4. The van der Waals surface area contributed by atoms with E-state index < -0.39 is 30.4 Å². The van der Waals surface area contributed by atoms with Gasteiger partial charge in [0.15, 0.2) is 11.5 Å². The zero-order chi connectivity index (χ0) is 28.1. The van der Waals surface area contributed by atoms with Crippen LogP contribution in [0.15, 0.2) is 66.4 Å². The maximum Gasteiger partial charge on any atom is 0.335 e. The average Bonchev–Trinajstić information content (AvgIpc) is 3.16. The molecule has 0 aliphatic carbocycles. The maximum absolute atomic E-state index is 12.9. The van der Waals surface area contributed by atoms with Crippen molar-refractivity contribution in [2.24, 2.45) is 0 Å². The molecule has 0 atom stereocenters. The minimum atomic E-state index is -1.01. The number of hydrogen-bond donors (Lipinski definition) is 3. The molecular weight excluding hydrogens is 617 g/mol. The SMILES string of the molecule is COc1cc(C=C2NC(=O)N(CC(=O)Nc3ccc(C)cc3)C2=O)cc(I)c1OCc1ccc(C(=O)O)cc1. The molecule has 0 aromatic heterocycles. The van der Waals surface area contributed by atoms with Crippen LogP contribution in [-0.2, 0) is 16.2 Å². The normalized spacial score (nSPS) is 13.8. The lowest BCUT2D eigenvalue weighted by molar-refractivity contribution is -0.127. The highest BCUT2D eigenvalue weighted by molar-refractivity contribution is 14.1. The second kappa shape index (κ2) is 12.0. The van der Waals surface area contributed by atoms with Gasteiger partial charge in [0.2, 0.25) is 5.91 Å². The molecule has 0 spiro atoms. The monoisotopic (exact) mass is 641 g/mol. The lowest BCUT2D eigenvalue weighted by atomic mass is 10.1. The molecule has 1 aliphatic rings. The molecule has 0 radical (unpaired) electrons. The molecule has 1 saturated heterocycles. The number of aromatic carboxylic acids is 1. The van der Waals surface area contributed by atoms with Gasteiger partial charge < -0.3 is 25.2 Å². The second-order valence-electron chi connectivity index (χ2n) is 8.62. The molecule has 0 bridgehead atoms. The van der Waals surface area contributed by atoms with Crippen LogP contribution in [0.3, 0.4) is 0 Å². The van der Waals surface area contributed by atoms with Crippen molar-refractivity contribution in [3.8, 4) is 11.5 Å². The quantitative estimate of drug-likeness (QED) is 0.179. The first kappa shape index (κ1) is 27.6. The molecule has 200 valence electrons. The lowest BCUT2D eigenvalue weighted by Gasteiger charge is -2.14. The zero-order valence-corrected chi connectivity index (χ0v) is 23.1. The highest BCUT2D eigenvalue weighted by atomic mass is 127. The van der Waals surface area contributed by atoms with Crippen LogP contribution in [0.2, 0.25) is 0 Å². The molecule has 0 saturated carbocycles. The molecule has 11 heteroatoms. The molecule has 3 aromatic rings. The van der Waals surface area contributed by atoms with Gasteiger partial charge in [0.05, 0.1) is 16.2 Å². The van der Waals surface area contributed by atoms with Crippen molar-refractivity contribution in [3.63, 3.8) is 0 Å². The van der Waals surface area contributed by atoms with E-state index in [0.717, 1.165) is 16.0 Å². The Morgan fingerprint density at radius 1 is 1.08 bits per heavy atom. The minimum Gasteiger partial charge on any atom is -0.493 e. The van der Waals surface area contributed by atoms with Crippen molar-refractivity contribution in [2.45, 2.75) is 13.5 Å². The van der Waals surface area contributed by atoms with Crippen molar-refractivity contribution >= 4 is 58.2 Å². The van der Waals surface area contributed by atoms with E-state index in [-0.39, 0.29) is 17.9 Å². The second-order valence-corrected chi connectivity index (χ2v) is 9.78. The van der Waals surface area contributed by atoms with Gasteiger partial charge in [-0.05, 0) is 83.1 Å². The standard InChI is InChI=1S/C28H24IN3O7/c1-16-3-9-20(10-4-16)30-24(33)14-32-26(34)22(31-28(32)37)12-18-11-21(29)25(23(13-18)38-2)39-15-17-5-7-19(8-6-17)27(35)36/h3-13H,14-15H2,1-2H3,(H,30,33)(H,31,37)(H,35,36). The summed E-state index contributed by atoms with van der Waals surface area (Å²) in [5, 5.41) is 14.2. The van der Waals surface area contributed by atoms with Crippen LogP contribution in [0.1, 0.15) is 27.0 Å². The molecule has 4 rings (SSSR count). The molecule has 1 aliphatic heterocycles. The van der Waals surface area contributed by atoms with Gasteiger partial charge in [-0.2, -0.15) is 0 Å². The van der Waals surface area contributed by atoms with Crippen LogP contribution >= 0.6 is 22.6 Å². The number of methoxy groups -OCH3 is 1. The molecule has 3 N–H and O–H groups in total. The number of hydrogen-bond acceptors (Lipinski definition) is 6. The van der Waals surface area contributed by atoms with E-state index in [1.807, 2.05) is 19.1 Å². The Balaban J connectivity index is 1.45. The highest BCUT2D eigenvalue weighted by Gasteiger charge is 2.35. The number of carboxylic acids is 1. The number of anilines is 1. The van der Waals surface area contributed by atoms with Crippen molar-refractivity contribution in [1.29, 1.82) is 0 Å². The number of carboxylic acid groups (broad SMARTS) is 1. The third-order valence-corrected chi connectivity index (χ3v) is 6.55. The summed E-state index contributed by atoms with van der Waals surface area (Å²) >= 11 is 2.07. The number of nitrogens with zero attached hydrogens (tertiary/aromatic N) is 1. The Bertz CT molecular complexity index is 1470. The molecule has 10 nitrogen and oxygen atoms in total. The Morgan fingerprint density at radius 3 is 2.41 bits per heavy atom. The van der Waals surface area contributed by atoms with Crippen molar-refractivity contribution in [2.75, 3.05) is 19.0 Å². The van der Waals surface area contributed by atoms with Gasteiger partial charge in [0.1, 0.15) is 18.8 Å². The van der Waals surface area contributed by atoms with Gasteiger partial charge in [-0.25, -0.2) is 14.5 Å². The molecular formula is C28H24IN3O7. The number of halogens is 1. The smallest absolute Gasteiger partial charge is 0.335 e. The topological polar surface area (TPSA) is 134 Å². The average molecular weight is 641 g/mol. The summed E-state index contributed by atoms with van der Waals surface area (Å²) in [6, 6.07) is 16.2. The summed E-state index contributed by atoms with van der Waals surface area (Å²) in [6.07, 6.45) is 1.50. The van der Waals surface area contributed by atoms with Gasteiger partial charge in [0, 0.05) is 5.69 Å². The Labute approximate surface area is 237 Å². The summed E-state index contributed by atoms with van der Waals surface area (Å²) < 4.78 is 12.1. The minimum absolute atomic E-state index is 0.0215. The number of benzene rings is 3. The summed E-state index contributed by atoms with van der Waals surface area (Å²) in [5.74, 6) is -1.26. The summed E-state index contributed by atoms with van der Waals surface area (Å²) in [4.78, 5) is 49.6. The van der Waals surface area contributed by atoms with E-state index in [1.54, 1.807) is 36.4 Å². The number of carbonyl (C=O) groups excluding carboxylic acids is 3. The fraction of sp³-hybridized carbons (Fsp3) is 0.143.